The molecular formula is C15H18ClN3O. The summed E-state index contributed by atoms with van der Waals surface area (Å²) < 4.78 is 7.49. The molecule has 0 radical (unpaired) electrons. The zero-order chi connectivity index (χ0) is 13.9. The molecule has 1 aromatic carbocycles. The van der Waals surface area contributed by atoms with Gasteiger partial charge in [-0.2, -0.15) is 0 Å². The number of hydrogen-bond donors (Lipinski definition) is 1. The van der Waals surface area contributed by atoms with Gasteiger partial charge in [0.25, 0.3) is 0 Å². The van der Waals surface area contributed by atoms with Crippen LogP contribution in [0, 0.1) is 0 Å². The number of nitrogens with one attached hydrogen (secondary N) is 1. The molecule has 1 aliphatic heterocycles. The van der Waals surface area contributed by atoms with E-state index in [1.54, 1.807) is 0 Å². The molecule has 2 heterocycles. The van der Waals surface area contributed by atoms with E-state index in [9.17, 15) is 0 Å². The van der Waals surface area contributed by atoms with Gasteiger partial charge in [0.2, 0.25) is 0 Å². The molecule has 106 valence electrons. The van der Waals surface area contributed by atoms with Gasteiger partial charge in [-0.05, 0) is 24.1 Å². The molecule has 1 N–H and O–H groups in total. The summed E-state index contributed by atoms with van der Waals surface area (Å²) in [4.78, 5) is 4.48. The van der Waals surface area contributed by atoms with E-state index in [0.29, 0.717) is 6.04 Å². The van der Waals surface area contributed by atoms with E-state index in [-0.39, 0.29) is 6.04 Å². The van der Waals surface area contributed by atoms with Crippen LogP contribution in [0.4, 0.5) is 0 Å². The molecule has 5 heteroatoms. The molecule has 1 saturated heterocycles. The number of imidazole rings is 1. The Hall–Kier alpha value is -1.36. The first-order valence-corrected chi connectivity index (χ1v) is 7.18. The molecule has 2 aromatic rings. The Balaban J connectivity index is 1.90. The molecule has 3 rings (SSSR count). The predicted octanol–water partition coefficient (Wildman–Crippen LogP) is 2.54. The second-order valence-electron chi connectivity index (χ2n) is 5.11. The molecule has 0 aliphatic carbocycles. The number of halogens is 1. The average Bonchev–Trinajstić information content (AvgIpc) is 3.09. The van der Waals surface area contributed by atoms with Crippen molar-refractivity contribution in [2.75, 3.05) is 13.2 Å². The van der Waals surface area contributed by atoms with Crippen LogP contribution in [0.5, 0.6) is 0 Å². The highest BCUT2D eigenvalue weighted by Crippen LogP contribution is 2.24. The summed E-state index contributed by atoms with van der Waals surface area (Å²) >= 11 is 5.98. The van der Waals surface area contributed by atoms with Crippen molar-refractivity contribution in [2.24, 2.45) is 7.05 Å². The zero-order valence-corrected chi connectivity index (χ0v) is 12.2. The smallest absolute Gasteiger partial charge is 0.130 e. The summed E-state index contributed by atoms with van der Waals surface area (Å²) in [5.41, 5.74) is 1.16. The summed E-state index contributed by atoms with van der Waals surface area (Å²) in [6.45, 7) is 1.58. The van der Waals surface area contributed by atoms with Crippen LogP contribution in [0.3, 0.4) is 0 Å². The Morgan fingerprint density at radius 1 is 1.40 bits per heavy atom. The molecule has 4 nitrogen and oxygen atoms in total. The largest absolute Gasteiger partial charge is 0.380 e. The van der Waals surface area contributed by atoms with Crippen molar-refractivity contribution in [2.45, 2.75) is 18.5 Å². The molecule has 2 atom stereocenters. The Morgan fingerprint density at radius 3 is 2.80 bits per heavy atom. The lowest BCUT2D eigenvalue weighted by atomic mass is 10.0. The molecule has 0 saturated carbocycles. The van der Waals surface area contributed by atoms with Gasteiger partial charge in [0, 0.05) is 37.1 Å². The Kier molecular flexibility index (Phi) is 4.05. The number of nitrogens with zero attached hydrogens (tertiary/aromatic N) is 2. The molecule has 1 fully saturated rings. The second kappa shape index (κ2) is 5.95. The van der Waals surface area contributed by atoms with E-state index in [4.69, 9.17) is 16.3 Å². The van der Waals surface area contributed by atoms with Gasteiger partial charge in [0.15, 0.2) is 0 Å². The van der Waals surface area contributed by atoms with Gasteiger partial charge in [-0.3, -0.25) is 5.32 Å². The lowest BCUT2D eigenvalue weighted by molar-refractivity contribution is 0.188. The van der Waals surface area contributed by atoms with Crippen LogP contribution in [-0.2, 0) is 11.8 Å². The Bertz CT molecular complexity index is 561. The van der Waals surface area contributed by atoms with Crippen LogP contribution in [0.1, 0.15) is 23.9 Å². The fourth-order valence-corrected chi connectivity index (χ4v) is 2.66. The van der Waals surface area contributed by atoms with Crippen LogP contribution in [-0.4, -0.2) is 28.8 Å². The van der Waals surface area contributed by atoms with Crippen LogP contribution in [0.2, 0.25) is 5.02 Å². The highest BCUT2D eigenvalue weighted by atomic mass is 35.5. The van der Waals surface area contributed by atoms with Crippen molar-refractivity contribution in [1.82, 2.24) is 14.9 Å². The summed E-state index contributed by atoms with van der Waals surface area (Å²) in [6.07, 6.45) is 4.82. The minimum absolute atomic E-state index is 0.0546. The maximum absolute atomic E-state index is 5.98. The number of hydrogen-bond acceptors (Lipinski definition) is 3. The molecule has 20 heavy (non-hydrogen) atoms. The van der Waals surface area contributed by atoms with E-state index in [0.717, 1.165) is 36.0 Å². The van der Waals surface area contributed by atoms with E-state index < -0.39 is 0 Å². The fourth-order valence-electron chi connectivity index (χ4n) is 2.53. The van der Waals surface area contributed by atoms with E-state index in [1.165, 1.54) is 0 Å². The van der Waals surface area contributed by atoms with Crippen LogP contribution < -0.4 is 5.32 Å². The van der Waals surface area contributed by atoms with Crippen molar-refractivity contribution < 1.29 is 4.74 Å². The van der Waals surface area contributed by atoms with Gasteiger partial charge in [-0.1, -0.05) is 23.7 Å². The van der Waals surface area contributed by atoms with Gasteiger partial charge < -0.3 is 9.30 Å². The van der Waals surface area contributed by atoms with E-state index >= 15 is 0 Å². The first-order valence-electron chi connectivity index (χ1n) is 6.80. The minimum atomic E-state index is 0.0546. The zero-order valence-electron chi connectivity index (χ0n) is 11.4. The average molecular weight is 292 g/mol. The topological polar surface area (TPSA) is 39.1 Å². The van der Waals surface area contributed by atoms with Gasteiger partial charge in [0.05, 0.1) is 12.6 Å². The SMILES string of the molecule is Cn1ccnc1C(NC1CCOC1)c1ccc(Cl)cc1. The third-order valence-corrected chi connectivity index (χ3v) is 3.90. The van der Waals surface area contributed by atoms with Gasteiger partial charge in [-0.15, -0.1) is 0 Å². The number of aromatic nitrogens is 2. The monoisotopic (exact) mass is 291 g/mol. The number of aryl methyl sites for hydroxylation is 1. The summed E-state index contributed by atoms with van der Waals surface area (Å²) in [5, 5.41) is 4.39. The van der Waals surface area contributed by atoms with Crippen molar-refractivity contribution in [3.8, 4) is 0 Å². The maximum Gasteiger partial charge on any atom is 0.130 e. The number of rotatable bonds is 4. The van der Waals surface area contributed by atoms with Crippen LogP contribution >= 0.6 is 11.6 Å². The molecular weight excluding hydrogens is 274 g/mol. The lowest BCUT2D eigenvalue weighted by Gasteiger charge is -2.22. The maximum atomic E-state index is 5.98. The van der Waals surface area contributed by atoms with Crippen molar-refractivity contribution in [3.63, 3.8) is 0 Å². The molecule has 1 aliphatic rings. The van der Waals surface area contributed by atoms with E-state index in [2.05, 4.69) is 10.3 Å². The number of benzene rings is 1. The Morgan fingerprint density at radius 2 is 2.20 bits per heavy atom. The highest BCUT2D eigenvalue weighted by molar-refractivity contribution is 6.30. The van der Waals surface area contributed by atoms with Crippen molar-refractivity contribution in [3.05, 3.63) is 53.1 Å². The summed E-state index contributed by atoms with van der Waals surface area (Å²) in [7, 11) is 2.01. The first-order chi connectivity index (χ1) is 9.74. The third kappa shape index (κ3) is 2.87. The minimum Gasteiger partial charge on any atom is -0.380 e. The quantitative estimate of drug-likeness (QED) is 0.941. The molecule has 0 bridgehead atoms. The van der Waals surface area contributed by atoms with Gasteiger partial charge in [-0.25, -0.2) is 4.98 Å². The standard InChI is InChI=1S/C15H18ClN3O/c1-19-8-7-17-15(19)14(18-13-6-9-20-10-13)11-2-4-12(16)5-3-11/h2-5,7-8,13-14,18H,6,9-10H2,1H3. The first kappa shape index (κ1) is 13.6. The normalized spacial score (nSPS) is 20.2. The fraction of sp³-hybridized carbons (Fsp3) is 0.400. The molecule has 2 unspecified atom stereocenters. The van der Waals surface area contributed by atoms with Crippen molar-refractivity contribution in [1.29, 1.82) is 0 Å². The Labute approximate surface area is 123 Å². The molecule has 1 aromatic heterocycles. The van der Waals surface area contributed by atoms with Crippen LogP contribution in [0.25, 0.3) is 0 Å². The third-order valence-electron chi connectivity index (χ3n) is 3.65. The van der Waals surface area contributed by atoms with Crippen LogP contribution in [0.15, 0.2) is 36.7 Å². The highest BCUT2D eigenvalue weighted by Gasteiger charge is 2.24. The van der Waals surface area contributed by atoms with Gasteiger partial charge >= 0.3 is 0 Å². The van der Waals surface area contributed by atoms with E-state index in [1.807, 2.05) is 48.3 Å². The summed E-state index contributed by atoms with van der Waals surface area (Å²) in [5.74, 6) is 0.999. The molecule has 0 amide bonds. The predicted molar refractivity (Wildman–Crippen MR) is 78.9 cm³/mol. The lowest BCUT2D eigenvalue weighted by Crippen LogP contribution is -2.35. The molecule has 0 spiro atoms. The van der Waals surface area contributed by atoms with Gasteiger partial charge in [0.1, 0.15) is 5.82 Å². The van der Waals surface area contributed by atoms with Crippen molar-refractivity contribution >= 4 is 11.6 Å². The number of ether oxygens (including phenoxy) is 1. The second-order valence-corrected chi connectivity index (χ2v) is 5.54. The summed E-state index contributed by atoms with van der Waals surface area (Å²) in [6, 6.07) is 8.35.